The molecule has 0 radical (unpaired) electrons. The second-order valence-electron chi connectivity index (χ2n) is 5.83. The van der Waals surface area contributed by atoms with Crippen LogP contribution in [0.4, 0.5) is 4.39 Å². The highest BCUT2D eigenvalue weighted by molar-refractivity contribution is 5.97. The van der Waals surface area contributed by atoms with Gasteiger partial charge in [0.2, 0.25) is 0 Å². The average Bonchev–Trinajstić information content (AvgIpc) is 3.21. The Morgan fingerprint density at radius 2 is 2.15 bits per heavy atom. The van der Waals surface area contributed by atoms with Crippen molar-refractivity contribution < 1.29 is 13.9 Å². The molecule has 0 aromatic heterocycles. The minimum absolute atomic E-state index is 0.0286. The van der Waals surface area contributed by atoms with E-state index in [0.717, 1.165) is 19.4 Å². The van der Waals surface area contributed by atoms with Crippen molar-refractivity contribution in [2.75, 3.05) is 20.2 Å². The minimum Gasteiger partial charge on any atom is -0.494 e. The van der Waals surface area contributed by atoms with E-state index in [4.69, 9.17) is 4.74 Å². The zero-order chi connectivity index (χ0) is 14.7. The number of rotatable bonds is 7. The van der Waals surface area contributed by atoms with Gasteiger partial charge in [-0.25, -0.2) is 4.39 Å². The van der Waals surface area contributed by atoms with Gasteiger partial charge in [0.05, 0.1) is 13.7 Å². The molecule has 1 aliphatic rings. The first kappa shape index (κ1) is 15.0. The van der Waals surface area contributed by atoms with Crippen LogP contribution in [0.2, 0.25) is 0 Å². The zero-order valence-electron chi connectivity index (χ0n) is 12.4. The average molecular weight is 279 g/mol. The summed E-state index contributed by atoms with van der Waals surface area (Å²) in [5.41, 5.74) is 0.415. The Bertz CT molecular complexity index is 483. The summed E-state index contributed by atoms with van der Waals surface area (Å²) in [6.07, 6.45) is 2.33. The van der Waals surface area contributed by atoms with Crippen molar-refractivity contribution in [3.05, 3.63) is 29.6 Å². The van der Waals surface area contributed by atoms with Crippen LogP contribution in [0.3, 0.4) is 0 Å². The predicted octanol–water partition coefficient (Wildman–Crippen LogP) is 3.14. The van der Waals surface area contributed by atoms with E-state index in [1.54, 1.807) is 6.07 Å². The van der Waals surface area contributed by atoms with Crippen LogP contribution in [0.25, 0.3) is 0 Å². The third kappa shape index (κ3) is 3.79. The first-order valence-electron chi connectivity index (χ1n) is 7.12. The van der Waals surface area contributed by atoms with Gasteiger partial charge in [-0.1, -0.05) is 13.8 Å². The number of carbonyl (C=O) groups excluding carboxylic acids is 1. The van der Waals surface area contributed by atoms with Gasteiger partial charge in [-0.15, -0.1) is 0 Å². The molecule has 20 heavy (non-hydrogen) atoms. The van der Waals surface area contributed by atoms with E-state index in [1.807, 2.05) is 0 Å². The molecule has 0 N–H and O–H groups in total. The van der Waals surface area contributed by atoms with Crippen molar-refractivity contribution in [3.63, 3.8) is 0 Å². The van der Waals surface area contributed by atoms with Gasteiger partial charge in [0, 0.05) is 18.2 Å². The van der Waals surface area contributed by atoms with Crippen LogP contribution in [-0.4, -0.2) is 36.9 Å². The Balaban J connectivity index is 2.04. The Kier molecular flexibility index (Phi) is 4.76. The summed E-state index contributed by atoms with van der Waals surface area (Å²) < 4.78 is 18.5. The molecule has 1 aromatic rings. The number of halogens is 1. The standard InChI is InChI=1S/C16H22FNO2/c1-11(2)9-18(13-5-6-13)10-15(19)12-4-7-16(20-3)14(17)8-12/h4,7-8,11,13H,5-6,9-10H2,1-3H3. The quantitative estimate of drug-likeness (QED) is 0.718. The van der Waals surface area contributed by atoms with Crippen molar-refractivity contribution >= 4 is 5.78 Å². The van der Waals surface area contributed by atoms with Crippen molar-refractivity contribution in [2.45, 2.75) is 32.7 Å². The molecule has 3 nitrogen and oxygen atoms in total. The smallest absolute Gasteiger partial charge is 0.176 e. The van der Waals surface area contributed by atoms with Crippen molar-refractivity contribution in [1.29, 1.82) is 0 Å². The summed E-state index contributed by atoms with van der Waals surface area (Å²) in [5.74, 6) is 0.179. The molecule has 1 aliphatic carbocycles. The van der Waals surface area contributed by atoms with Gasteiger partial charge in [0.15, 0.2) is 17.3 Å². The molecule has 1 aromatic carbocycles. The van der Waals surface area contributed by atoms with Crippen LogP contribution < -0.4 is 4.74 Å². The fourth-order valence-electron chi connectivity index (χ4n) is 2.37. The molecule has 0 heterocycles. The topological polar surface area (TPSA) is 29.5 Å². The summed E-state index contributed by atoms with van der Waals surface area (Å²) >= 11 is 0. The number of ketones is 1. The Labute approximate surface area is 119 Å². The Morgan fingerprint density at radius 3 is 2.65 bits per heavy atom. The van der Waals surface area contributed by atoms with Crippen molar-refractivity contribution in [1.82, 2.24) is 4.90 Å². The van der Waals surface area contributed by atoms with E-state index in [2.05, 4.69) is 18.7 Å². The van der Waals surface area contributed by atoms with Crippen LogP contribution in [0.1, 0.15) is 37.0 Å². The minimum atomic E-state index is -0.486. The Hall–Kier alpha value is -1.42. The van der Waals surface area contributed by atoms with Gasteiger partial charge in [0.1, 0.15) is 0 Å². The molecule has 2 rings (SSSR count). The highest BCUT2D eigenvalue weighted by Crippen LogP contribution is 2.28. The summed E-state index contributed by atoms with van der Waals surface area (Å²) in [6.45, 7) is 5.57. The number of Topliss-reactive ketones (excluding diaryl/α,β-unsaturated/α-hetero) is 1. The maximum Gasteiger partial charge on any atom is 0.176 e. The fraction of sp³-hybridized carbons (Fsp3) is 0.562. The van der Waals surface area contributed by atoms with Gasteiger partial charge in [-0.2, -0.15) is 0 Å². The molecule has 4 heteroatoms. The van der Waals surface area contributed by atoms with Gasteiger partial charge in [-0.05, 0) is 37.0 Å². The fourth-order valence-corrected chi connectivity index (χ4v) is 2.37. The number of nitrogens with zero attached hydrogens (tertiary/aromatic N) is 1. The molecule has 1 fully saturated rings. The maximum absolute atomic E-state index is 13.6. The number of hydrogen-bond donors (Lipinski definition) is 0. The van der Waals surface area contributed by atoms with E-state index in [0.29, 0.717) is 24.1 Å². The molecule has 0 saturated heterocycles. The number of ether oxygens (including phenoxy) is 1. The van der Waals surface area contributed by atoms with Gasteiger partial charge >= 0.3 is 0 Å². The molecule has 0 bridgehead atoms. The van der Waals surface area contributed by atoms with Crippen molar-refractivity contribution in [3.8, 4) is 5.75 Å². The summed E-state index contributed by atoms with van der Waals surface area (Å²) in [7, 11) is 1.41. The summed E-state index contributed by atoms with van der Waals surface area (Å²) in [5, 5.41) is 0. The van der Waals surface area contributed by atoms with Gasteiger partial charge in [-0.3, -0.25) is 9.69 Å². The molecule has 0 atom stereocenters. The van der Waals surface area contributed by atoms with Crippen LogP contribution in [0.15, 0.2) is 18.2 Å². The van der Waals surface area contributed by atoms with Crippen LogP contribution in [0, 0.1) is 11.7 Å². The third-order valence-corrected chi connectivity index (χ3v) is 3.48. The normalized spacial score (nSPS) is 14.9. The van der Waals surface area contributed by atoms with Crippen molar-refractivity contribution in [2.24, 2.45) is 5.92 Å². The molecule has 1 saturated carbocycles. The van der Waals surface area contributed by atoms with E-state index < -0.39 is 5.82 Å². The molecule has 0 aliphatic heterocycles. The van der Waals surface area contributed by atoms with Crippen LogP contribution in [-0.2, 0) is 0 Å². The lowest BCUT2D eigenvalue weighted by atomic mass is 10.1. The maximum atomic E-state index is 13.6. The molecular formula is C16H22FNO2. The first-order chi connectivity index (χ1) is 9.51. The highest BCUT2D eigenvalue weighted by Gasteiger charge is 2.30. The number of hydrogen-bond acceptors (Lipinski definition) is 3. The molecule has 110 valence electrons. The molecule has 0 amide bonds. The lowest BCUT2D eigenvalue weighted by molar-refractivity contribution is 0.0915. The summed E-state index contributed by atoms with van der Waals surface area (Å²) in [6, 6.07) is 4.93. The van der Waals surface area contributed by atoms with E-state index in [9.17, 15) is 9.18 Å². The Morgan fingerprint density at radius 1 is 1.45 bits per heavy atom. The van der Waals surface area contributed by atoms with Crippen LogP contribution in [0.5, 0.6) is 5.75 Å². The third-order valence-electron chi connectivity index (χ3n) is 3.48. The molecular weight excluding hydrogens is 257 g/mol. The highest BCUT2D eigenvalue weighted by atomic mass is 19.1. The van der Waals surface area contributed by atoms with Gasteiger partial charge in [0.25, 0.3) is 0 Å². The number of carbonyl (C=O) groups is 1. The first-order valence-corrected chi connectivity index (χ1v) is 7.12. The van der Waals surface area contributed by atoms with Gasteiger partial charge < -0.3 is 4.74 Å². The monoisotopic (exact) mass is 279 g/mol. The zero-order valence-corrected chi connectivity index (χ0v) is 12.4. The summed E-state index contributed by atoms with van der Waals surface area (Å²) in [4.78, 5) is 14.5. The SMILES string of the molecule is COc1ccc(C(=O)CN(CC(C)C)C2CC2)cc1F. The van der Waals surface area contributed by atoms with E-state index in [1.165, 1.54) is 19.2 Å². The second-order valence-corrected chi connectivity index (χ2v) is 5.83. The van der Waals surface area contributed by atoms with E-state index >= 15 is 0 Å². The van der Waals surface area contributed by atoms with E-state index in [-0.39, 0.29) is 11.5 Å². The predicted molar refractivity (Wildman–Crippen MR) is 76.7 cm³/mol. The number of benzene rings is 1. The molecule has 0 spiro atoms. The number of methoxy groups -OCH3 is 1. The lowest BCUT2D eigenvalue weighted by Crippen LogP contribution is -2.35. The van der Waals surface area contributed by atoms with Crippen LogP contribution >= 0.6 is 0 Å². The lowest BCUT2D eigenvalue weighted by Gasteiger charge is -2.23. The molecule has 0 unspecified atom stereocenters. The second kappa shape index (κ2) is 6.35. The largest absolute Gasteiger partial charge is 0.494 e.